The van der Waals surface area contributed by atoms with Gasteiger partial charge in [-0.05, 0) is 51.2 Å². The van der Waals surface area contributed by atoms with Gasteiger partial charge in [0.1, 0.15) is 0 Å². The monoisotopic (exact) mass is 234 g/mol. The van der Waals surface area contributed by atoms with Crippen LogP contribution in [0.25, 0.3) is 0 Å². The van der Waals surface area contributed by atoms with E-state index in [9.17, 15) is 0 Å². The van der Waals surface area contributed by atoms with Gasteiger partial charge in [-0.25, -0.2) is 0 Å². The van der Waals surface area contributed by atoms with Crippen LogP contribution >= 0.6 is 0 Å². The Bertz CT molecular complexity index is 372. The molecule has 0 aromatic carbocycles. The summed E-state index contributed by atoms with van der Waals surface area (Å²) in [4.78, 5) is 4.46. The standard InChI is InChI=1S/C14H22N2O/c1-10-5-7-13(11(2)16-10)14(15)8-6-12-4-3-9-17-12/h5,7,12,14H,3-4,6,8-9,15H2,1-2H3. The van der Waals surface area contributed by atoms with Crippen LogP contribution in [0, 0.1) is 13.8 Å². The lowest BCUT2D eigenvalue weighted by Crippen LogP contribution is -2.16. The zero-order valence-electron chi connectivity index (χ0n) is 10.8. The van der Waals surface area contributed by atoms with Crippen molar-refractivity contribution in [2.24, 2.45) is 5.73 Å². The summed E-state index contributed by atoms with van der Waals surface area (Å²) in [6.45, 7) is 4.97. The van der Waals surface area contributed by atoms with E-state index in [0.29, 0.717) is 6.10 Å². The number of nitrogens with zero attached hydrogens (tertiary/aromatic N) is 1. The molecule has 0 saturated carbocycles. The second-order valence-electron chi connectivity index (χ2n) is 4.95. The quantitative estimate of drug-likeness (QED) is 0.871. The van der Waals surface area contributed by atoms with E-state index in [4.69, 9.17) is 10.5 Å². The van der Waals surface area contributed by atoms with Crippen molar-refractivity contribution in [1.82, 2.24) is 4.98 Å². The van der Waals surface area contributed by atoms with Gasteiger partial charge in [-0.3, -0.25) is 4.98 Å². The van der Waals surface area contributed by atoms with E-state index in [1.54, 1.807) is 0 Å². The number of nitrogens with two attached hydrogens (primary N) is 1. The van der Waals surface area contributed by atoms with Gasteiger partial charge in [0.2, 0.25) is 0 Å². The van der Waals surface area contributed by atoms with Crippen LogP contribution in [0.5, 0.6) is 0 Å². The second kappa shape index (κ2) is 5.61. The van der Waals surface area contributed by atoms with E-state index in [1.165, 1.54) is 18.4 Å². The molecule has 1 aliphatic rings. The average Bonchev–Trinajstić information content (AvgIpc) is 2.78. The van der Waals surface area contributed by atoms with Crippen LogP contribution in [0.15, 0.2) is 12.1 Å². The third-order valence-electron chi connectivity index (χ3n) is 3.49. The number of hydrogen-bond donors (Lipinski definition) is 1. The average molecular weight is 234 g/mol. The number of pyridine rings is 1. The zero-order chi connectivity index (χ0) is 12.3. The molecule has 0 aliphatic carbocycles. The summed E-state index contributed by atoms with van der Waals surface area (Å²) >= 11 is 0. The molecule has 1 fully saturated rings. The molecular formula is C14H22N2O. The molecular weight excluding hydrogens is 212 g/mol. The molecule has 0 amide bonds. The lowest BCUT2D eigenvalue weighted by Gasteiger charge is -2.16. The molecule has 0 radical (unpaired) electrons. The van der Waals surface area contributed by atoms with Gasteiger partial charge >= 0.3 is 0 Å². The molecule has 3 heteroatoms. The normalized spacial score (nSPS) is 21.7. The van der Waals surface area contributed by atoms with Gasteiger partial charge in [0.25, 0.3) is 0 Å². The number of rotatable bonds is 4. The third kappa shape index (κ3) is 3.27. The maximum atomic E-state index is 6.23. The highest BCUT2D eigenvalue weighted by Crippen LogP contribution is 2.23. The summed E-state index contributed by atoms with van der Waals surface area (Å²) in [6.07, 6.45) is 4.87. The largest absolute Gasteiger partial charge is 0.378 e. The van der Waals surface area contributed by atoms with Crippen molar-refractivity contribution in [3.63, 3.8) is 0 Å². The van der Waals surface area contributed by atoms with Crippen molar-refractivity contribution in [1.29, 1.82) is 0 Å². The van der Waals surface area contributed by atoms with E-state index < -0.39 is 0 Å². The minimum Gasteiger partial charge on any atom is -0.378 e. The maximum Gasteiger partial charge on any atom is 0.0576 e. The molecule has 2 heterocycles. The van der Waals surface area contributed by atoms with Crippen molar-refractivity contribution in [3.05, 3.63) is 29.1 Å². The lowest BCUT2D eigenvalue weighted by molar-refractivity contribution is 0.101. The highest BCUT2D eigenvalue weighted by atomic mass is 16.5. The number of hydrogen-bond acceptors (Lipinski definition) is 3. The molecule has 2 atom stereocenters. The second-order valence-corrected chi connectivity index (χ2v) is 4.95. The Morgan fingerprint density at radius 1 is 1.47 bits per heavy atom. The first kappa shape index (κ1) is 12.5. The first-order valence-electron chi connectivity index (χ1n) is 6.48. The van der Waals surface area contributed by atoms with Crippen LogP contribution in [-0.4, -0.2) is 17.7 Å². The van der Waals surface area contributed by atoms with E-state index in [0.717, 1.165) is 30.8 Å². The van der Waals surface area contributed by atoms with Gasteiger partial charge in [0.15, 0.2) is 0 Å². The SMILES string of the molecule is Cc1ccc(C(N)CCC2CCCO2)c(C)n1. The minimum atomic E-state index is 0.0901. The van der Waals surface area contributed by atoms with Crippen LogP contribution in [0.1, 0.15) is 48.7 Å². The van der Waals surface area contributed by atoms with Crippen molar-refractivity contribution in [2.75, 3.05) is 6.61 Å². The predicted octanol–water partition coefficient (Wildman–Crippen LogP) is 2.66. The number of aryl methyl sites for hydroxylation is 2. The Kier molecular flexibility index (Phi) is 4.13. The van der Waals surface area contributed by atoms with E-state index in [1.807, 2.05) is 19.9 Å². The van der Waals surface area contributed by atoms with Crippen molar-refractivity contribution in [2.45, 2.75) is 51.7 Å². The first-order chi connectivity index (χ1) is 8.16. The van der Waals surface area contributed by atoms with Crippen molar-refractivity contribution >= 4 is 0 Å². The Balaban J connectivity index is 1.91. The van der Waals surface area contributed by atoms with Gasteiger partial charge in [0.05, 0.1) is 6.10 Å². The molecule has 1 saturated heterocycles. The number of ether oxygens (including phenoxy) is 1. The maximum absolute atomic E-state index is 6.23. The molecule has 1 aromatic heterocycles. The molecule has 3 nitrogen and oxygen atoms in total. The third-order valence-corrected chi connectivity index (χ3v) is 3.49. The highest BCUT2D eigenvalue weighted by Gasteiger charge is 2.18. The van der Waals surface area contributed by atoms with Crippen molar-refractivity contribution in [3.8, 4) is 0 Å². The summed E-state index contributed by atoms with van der Waals surface area (Å²) in [5, 5.41) is 0. The molecule has 2 rings (SSSR count). The Labute approximate surface area is 103 Å². The topological polar surface area (TPSA) is 48.1 Å². The Hall–Kier alpha value is -0.930. The van der Waals surface area contributed by atoms with Crippen molar-refractivity contribution < 1.29 is 4.74 Å². The first-order valence-corrected chi connectivity index (χ1v) is 6.48. The molecule has 2 unspecified atom stereocenters. The lowest BCUT2D eigenvalue weighted by atomic mass is 9.99. The summed E-state index contributed by atoms with van der Waals surface area (Å²) in [7, 11) is 0. The Morgan fingerprint density at radius 2 is 2.29 bits per heavy atom. The summed E-state index contributed by atoms with van der Waals surface area (Å²) in [5.41, 5.74) is 9.52. The fourth-order valence-corrected chi connectivity index (χ4v) is 2.48. The van der Waals surface area contributed by atoms with Crippen LogP contribution in [-0.2, 0) is 4.74 Å². The summed E-state index contributed by atoms with van der Waals surface area (Å²) in [5.74, 6) is 0. The molecule has 1 aromatic rings. The van der Waals surface area contributed by atoms with Crippen LogP contribution < -0.4 is 5.73 Å². The van der Waals surface area contributed by atoms with E-state index >= 15 is 0 Å². The van der Waals surface area contributed by atoms with E-state index in [2.05, 4.69) is 11.1 Å². The van der Waals surface area contributed by atoms with Gasteiger partial charge in [0, 0.05) is 24.0 Å². The smallest absolute Gasteiger partial charge is 0.0576 e. The Morgan fingerprint density at radius 3 is 2.94 bits per heavy atom. The predicted molar refractivity (Wildman–Crippen MR) is 68.8 cm³/mol. The zero-order valence-corrected chi connectivity index (χ0v) is 10.8. The van der Waals surface area contributed by atoms with E-state index in [-0.39, 0.29) is 6.04 Å². The van der Waals surface area contributed by atoms with Gasteiger partial charge in [-0.15, -0.1) is 0 Å². The number of aromatic nitrogens is 1. The molecule has 17 heavy (non-hydrogen) atoms. The van der Waals surface area contributed by atoms with Gasteiger partial charge < -0.3 is 10.5 Å². The highest BCUT2D eigenvalue weighted by molar-refractivity contribution is 5.24. The molecule has 0 spiro atoms. The van der Waals surface area contributed by atoms with Gasteiger partial charge in [-0.1, -0.05) is 6.07 Å². The molecule has 2 N–H and O–H groups in total. The minimum absolute atomic E-state index is 0.0901. The summed E-state index contributed by atoms with van der Waals surface area (Å²) < 4.78 is 5.62. The fourth-order valence-electron chi connectivity index (χ4n) is 2.48. The molecule has 0 bridgehead atoms. The summed E-state index contributed by atoms with van der Waals surface area (Å²) in [6, 6.07) is 4.24. The van der Waals surface area contributed by atoms with Crippen LogP contribution in [0.4, 0.5) is 0 Å². The van der Waals surface area contributed by atoms with Gasteiger partial charge in [-0.2, -0.15) is 0 Å². The molecule has 94 valence electrons. The van der Waals surface area contributed by atoms with Crippen LogP contribution in [0.2, 0.25) is 0 Å². The fraction of sp³-hybridized carbons (Fsp3) is 0.643. The molecule has 1 aliphatic heterocycles. The van der Waals surface area contributed by atoms with Crippen LogP contribution in [0.3, 0.4) is 0 Å².